The SMILES string of the molecule is CCCc1sc2nc(SCc3ccc(F)cc3)n(-c3ccc(CC)cc3)c(=O)c2c1C. The van der Waals surface area contributed by atoms with Crippen molar-refractivity contribution in [1.82, 2.24) is 9.55 Å². The predicted octanol–water partition coefficient (Wildman–Crippen LogP) is 6.70. The highest BCUT2D eigenvalue weighted by atomic mass is 32.2. The lowest BCUT2D eigenvalue weighted by molar-refractivity contribution is 0.627. The summed E-state index contributed by atoms with van der Waals surface area (Å²) in [5.74, 6) is 0.357. The Kier molecular flexibility index (Phi) is 6.58. The molecule has 0 atom stereocenters. The molecular weight excluding hydrogens is 427 g/mol. The molecule has 2 aromatic heterocycles. The van der Waals surface area contributed by atoms with Crippen molar-refractivity contribution in [2.24, 2.45) is 0 Å². The number of hydrogen-bond donors (Lipinski definition) is 0. The molecule has 0 aliphatic carbocycles. The highest BCUT2D eigenvalue weighted by Crippen LogP contribution is 2.32. The molecule has 0 aliphatic rings. The topological polar surface area (TPSA) is 34.9 Å². The van der Waals surface area contributed by atoms with Crippen LogP contribution in [-0.4, -0.2) is 9.55 Å². The lowest BCUT2D eigenvalue weighted by atomic mass is 10.1. The van der Waals surface area contributed by atoms with Crippen LogP contribution < -0.4 is 5.56 Å². The first-order chi connectivity index (χ1) is 15.0. The van der Waals surface area contributed by atoms with Crippen LogP contribution in [-0.2, 0) is 18.6 Å². The van der Waals surface area contributed by atoms with Crippen LogP contribution in [0.3, 0.4) is 0 Å². The zero-order valence-corrected chi connectivity index (χ0v) is 19.6. The number of hydrogen-bond acceptors (Lipinski definition) is 4. The van der Waals surface area contributed by atoms with Crippen LogP contribution in [0, 0.1) is 12.7 Å². The van der Waals surface area contributed by atoms with Crippen LogP contribution in [0.1, 0.15) is 41.8 Å². The van der Waals surface area contributed by atoms with E-state index < -0.39 is 0 Å². The van der Waals surface area contributed by atoms with Gasteiger partial charge in [-0.2, -0.15) is 0 Å². The summed E-state index contributed by atoms with van der Waals surface area (Å²) in [7, 11) is 0. The third-order valence-electron chi connectivity index (χ3n) is 5.39. The maximum Gasteiger partial charge on any atom is 0.267 e. The predicted molar refractivity (Wildman–Crippen MR) is 129 cm³/mol. The molecule has 160 valence electrons. The molecule has 0 aliphatic heterocycles. The van der Waals surface area contributed by atoms with Crippen LogP contribution in [0.4, 0.5) is 4.39 Å². The fourth-order valence-corrected chi connectivity index (χ4v) is 5.90. The van der Waals surface area contributed by atoms with Gasteiger partial charge in [-0.25, -0.2) is 9.37 Å². The maximum atomic E-state index is 13.7. The van der Waals surface area contributed by atoms with Gasteiger partial charge in [0.25, 0.3) is 5.56 Å². The van der Waals surface area contributed by atoms with Gasteiger partial charge in [0.1, 0.15) is 10.6 Å². The minimum Gasteiger partial charge on any atom is -0.268 e. The third kappa shape index (κ3) is 4.46. The summed E-state index contributed by atoms with van der Waals surface area (Å²) in [6.07, 6.45) is 2.94. The number of benzene rings is 2. The van der Waals surface area contributed by atoms with E-state index in [9.17, 15) is 9.18 Å². The summed E-state index contributed by atoms with van der Waals surface area (Å²) in [6.45, 7) is 6.29. The Hall–Kier alpha value is -2.44. The van der Waals surface area contributed by atoms with E-state index in [2.05, 4.69) is 26.0 Å². The molecule has 31 heavy (non-hydrogen) atoms. The summed E-state index contributed by atoms with van der Waals surface area (Å²) in [5, 5.41) is 1.38. The number of rotatable bonds is 7. The van der Waals surface area contributed by atoms with Crippen molar-refractivity contribution >= 4 is 33.3 Å². The van der Waals surface area contributed by atoms with Crippen molar-refractivity contribution in [1.29, 1.82) is 0 Å². The number of fused-ring (bicyclic) bond motifs is 1. The van der Waals surface area contributed by atoms with Crippen molar-refractivity contribution in [3.63, 3.8) is 0 Å². The van der Waals surface area contributed by atoms with Crippen molar-refractivity contribution in [3.05, 3.63) is 86.3 Å². The summed E-state index contributed by atoms with van der Waals surface area (Å²) in [4.78, 5) is 20.6. The zero-order chi connectivity index (χ0) is 22.0. The monoisotopic (exact) mass is 452 g/mol. The highest BCUT2D eigenvalue weighted by molar-refractivity contribution is 7.98. The largest absolute Gasteiger partial charge is 0.268 e. The summed E-state index contributed by atoms with van der Waals surface area (Å²) < 4.78 is 15.0. The molecule has 3 nitrogen and oxygen atoms in total. The molecule has 4 aromatic rings. The Balaban J connectivity index is 1.84. The van der Waals surface area contributed by atoms with Gasteiger partial charge in [-0.1, -0.05) is 56.3 Å². The fourth-order valence-electron chi connectivity index (χ4n) is 3.61. The van der Waals surface area contributed by atoms with E-state index >= 15 is 0 Å². The van der Waals surface area contributed by atoms with E-state index in [1.807, 2.05) is 19.1 Å². The number of nitrogens with zero attached hydrogens (tertiary/aromatic N) is 2. The van der Waals surface area contributed by atoms with Gasteiger partial charge in [-0.05, 0) is 60.7 Å². The molecule has 0 saturated heterocycles. The van der Waals surface area contributed by atoms with Crippen LogP contribution in [0.25, 0.3) is 15.9 Å². The van der Waals surface area contributed by atoms with Crippen molar-refractivity contribution in [2.45, 2.75) is 50.9 Å². The minimum absolute atomic E-state index is 0.0213. The number of thioether (sulfide) groups is 1. The van der Waals surface area contributed by atoms with Gasteiger partial charge in [-0.15, -0.1) is 11.3 Å². The average molecular weight is 453 g/mol. The molecule has 0 unspecified atom stereocenters. The number of aryl methyl sites for hydroxylation is 3. The normalized spacial score (nSPS) is 11.4. The van der Waals surface area contributed by atoms with E-state index in [-0.39, 0.29) is 11.4 Å². The van der Waals surface area contributed by atoms with Gasteiger partial charge in [0.15, 0.2) is 5.16 Å². The molecule has 0 fully saturated rings. The van der Waals surface area contributed by atoms with Gasteiger partial charge < -0.3 is 0 Å². The van der Waals surface area contributed by atoms with Crippen LogP contribution in [0.5, 0.6) is 0 Å². The van der Waals surface area contributed by atoms with Gasteiger partial charge in [-0.3, -0.25) is 9.36 Å². The Bertz CT molecular complexity index is 1260. The van der Waals surface area contributed by atoms with E-state index in [0.29, 0.717) is 10.9 Å². The van der Waals surface area contributed by atoms with Crippen LogP contribution in [0.15, 0.2) is 58.5 Å². The van der Waals surface area contributed by atoms with Gasteiger partial charge >= 0.3 is 0 Å². The molecule has 0 saturated carbocycles. The first-order valence-electron chi connectivity index (χ1n) is 10.5. The second-order valence-electron chi connectivity index (χ2n) is 7.55. The Labute approximate surface area is 190 Å². The molecule has 2 heterocycles. The van der Waals surface area contributed by atoms with Crippen LogP contribution >= 0.6 is 23.1 Å². The standard InChI is InChI=1S/C25H25FN2OS2/c1-4-6-21-16(3)22-23(31-21)27-25(30-15-18-7-11-19(26)12-8-18)28(24(22)29)20-13-9-17(5-2)10-14-20/h7-14H,4-6,15H2,1-3H3. The van der Waals surface area contributed by atoms with E-state index in [4.69, 9.17) is 4.98 Å². The number of aromatic nitrogens is 2. The number of thiophene rings is 1. The summed E-state index contributed by atoms with van der Waals surface area (Å²) in [5.41, 5.74) is 4.06. The van der Waals surface area contributed by atoms with Crippen LogP contribution in [0.2, 0.25) is 0 Å². The molecule has 2 aromatic carbocycles. The maximum absolute atomic E-state index is 13.7. The molecule has 6 heteroatoms. The van der Waals surface area contributed by atoms with Crippen molar-refractivity contribution in [2.75, 3.05) is 0 Å². The highest BCUT2D eigenvalue weighted by Gasteiger charge is 2.19. The quantitative estimate of drug-likeness (QED) is 0.231. The smallest absolute Gasteiger partial charge is 0.267 e. The molecule has 0 radical (unpaired) electrons. The fraction of sp³-hybridized carbons (Fsp3) is 0.280. The zero-order valence-electron chi connectivity index (χ0n) is 17.9. The number of halogens is 1. The first-order valence-corrected chi connectivity index (χ1v) is 12.3. The van der Waals surface area contributed by atoms with Gasteiger partial charge in [0, 0.05) is 10.6 Å². The second kappa shape index (κ2) is 9.37. The Morgan fingerprint density at radius 1 is 1.03 bits per heavy atom. The molecule has 0 bridgehead atoms. The van der Waals surface area contributed by atoms with E-state index in [0.717, 1.165) is 46.3 Å². The summed E-state index contributed by atoms with van der Waals surface area (Å²) in [6, 6.07) is 14.6. The van der Waals surface area contributed by atoms with Crippen molar-refractivity contribution < 1.29 is 4.39 Å². The van der Waals surface area contributed by atoms with Gasteiger partial charge in [0.2, 0.25) is 0 Å². The van der Waals surface area contributed by atoms with Gasteiger partial charge in [0.05, 0.1) is 11.1 Å². The molecule has 0 N–H and O–H groups in total. The summed E-state index contributed by atoms with van der Waals surface area (Å²) >= 11 is 3.13. The molecule has 0 amide bonds. The van der Waals surface area contributed by atoms with E-state index in [1.54, 1.807) is 28.0 Å². The first kappa shape index (κ1) is 21.8. The Morgan fingerprint density at radius 2 is 1.71 bits per heavy atom. The lowest BCUT2D eigenvalue weighted by Gasteiger charge is -2.13. The Morgan fingerprint density at radius 3 is 2.35 bits per heavy atom. The minimum atomic E-state index is -0.251. The lowest BCUT2D eigenvalue weighted by Crippen LogP contribution is -2.21. The average Bonchev–Trinajstić information content (AvgIpc) is 3.09. The molecule has 0 spiro atoms. The molecule has 4 rings (SSSR count). The third-order valence-corrected chi connectivity index (χ3v) is 7.65. The molecular formula is C25H25FN2OS2. The van der Waals surface area contributed by atoms with E-state index in [1.165, 1.54) is 34.3 Å². The second-order valence-corrected chi connectivity index (χ2v) is 9.58. The van der Waals surface area contributed by atoms with Crippen molar-refractivity contribution in [3.8, 4) is 5.69 Å².